The molecule has 0 aromatic heterocycles. The van der Waals surface area contributed by atoms with Gasteiger partial charge in [-0.3, -0.25) is 0 Å². The summed E-state index contributed by atoms with van der Waals surface area (Å²) in [5.41, 5.74) is 4.73. The van der Waals surface area contributed by atoms with Crippen molar-refractivity contribution in [2.45, 2.75) is 12.4 Å². The standard InChI is InChI=1S/C4H11NOS/c1-2-7-4(6)3-5/h4,6H,2-3,5H2,1H3. The number of aliphatic hydroxyl groups excluding tert-OH is 1. The van der Waals surface area contributed by atoms with E-state index in [9.17, 15) is 0 Å². The minimum absolute atomic E-state index is 0.356. The molecule has 0 aliphatic heterocycles. The van der Waals surface area contributed by atoms with Gasteiger partial charge in [0.15, 0.2) is 0 Å². The molecule has 44 valence electrons. The van der Waals surface area contributed by atoms with E-state index in [1.807, 2.05) is 6.92 Å². The molecule has 2 nitrogen and oxygen atoms in total. The van der Waals surface area contributed by atoms with Gasteiger partial charge in [-0.1, -0.05) is 6.92 Å². The quantitative estimate of drug-likeness (QED) is 0.517. The third-order valence-electron chi connectivity index (χ3n) is 0.561. The number of nitrogens with two attached hydrogens (primary N) is 1. The van der Waals surface area contributed by atoms with Crippen molar-refractivity contribution >= 4 is 11.8 Å². The van der Waals surface area contributed by atoms with Gasteiger partial charge in [-0.05, 0) is 5.75 Å². The molecule has 7 heavy (non-hydrogen) atoms. The van der Waals surface area contributed by atoms with Crippen LogP contribution in [0.4, 0.5) is 0 Å². The molecule has 0 fully saturated rings. The maximum Gasteiger partial charge on any atom is 0.111 e. The van der Waals surface area contributed by atoms with Crippen molar-refractivity contribution in [3.05, 3.63) is 0 Å². The molecule has 0 heterocycles. The Morgan fingerprint density at radius 3 is 2.57 bits per heavy atom. The molecule has 0 saturated carbocycles. The van der Waals surface area contributed by atoms with Gasteiger partial charge in [0.1, 0.15) is 5.44 Å². The summed E-state index contributed by atoms with van der Waals surface area (Å²) < 4.78 is 0. The number of thioether (sulfide) groups is 1. The van der Waals surface area contributed by atoms with Crippen LogP contribution in [0.2, 0.25) is 0 Å². The van der Waals surface area contributed by atoms with E-state index in [1.165, 1.54) is 11.8 Å². The number of rotatable bonds is 3. The van der Waals surface area contributed by atoms with Gasteiger partial charge >= 0.3 is 0 Å². The Bertz CT molecular complexity index is 42.7. The van der Waals surface area contributed by atoms with Crippen molar-refractivity contribution in [3.8, 4) is 0 Å². The molecule has 3 N–H and O–H groups in total. The second kappa shape index (κ2) is 4.43. The lowest BCUT2D eigenvalue weighted by atomic mass is 10.7. The zero-order chi connectivity index (χ0) is 5.70. The number of aliphatic hydroxyl groups is 1. The lowest BCUT2D eigenvalue weighted by Gasteiger charge is -2.01. The van der Waals surface area contributed by atoms with Crippen molar-refractivity contribution in [3.63, 3.8) is 0 Å². The number of hydrogen-bond acceptors (Lipinski definition) is 3. The van der Waals surface area contributed by atoms with Gasteiger partial charge in [-0.25, -0.2) is 0 Å². The Labute approximate surface area is 48.1 Å². The molecule has 1 atom stereocenters. The van der Waals surface area contributed by atoms with E-state index in [0.29, 0.717) is 6.54 Å². The summed E-state index contributed by atoms with van der Waals surface area (Å²) in [5.74, 6) is 0.929. The van der Waals surface area contributed by atoms with Gasteiger partial charge in [-0.2, -0.15) is 0 Å². The lowest BCUT2D eigenvalue weighted by Crippen LogP contribution is -2.15. The van der Waals surface area contributed by atoms with E-state index in [0.717, 1.165) is 5.75 Å². The van der Waals surface area contributed by atoms with Gasteiger partial charge < -0.3 is 10.8 Å². The SMILES string of the molecule is CCSC(O)CN. The van der Waals surface area contributed by atoms with Crippen LogP contribution in [0.15, 0.2) is 0 Å². The summed E-state index contributed by atoms with van der Waals surface area (Å²) >= 11 is 1.46. The van der Waals surface area contributed by atoms with Crippen LogP contribution < -0.4 is 5.73 Å². The van der Waals surface area contributed by atoms with E-state index in [4.69, 9.17) is 10.8 Å². The second-order valence-electron chi connectivity index (χ2n) is 1.15. The summed E-state index contributed by atoms with van der Waals surface area (Å²) in [7, 11) is 0. The minimum atomic E-state index is -0.356. The van der Waals surface area contributed by atoms with Gasteiger partial charge in [0.2, 0.25) is 0 Å². The molecule has 3 heteroatoms. The van der Waals surface area contributed by atoms with E-state index >= 15 is 0 Å². The molecule has 0 rings (SSSR count). The minimum Gasteiger partial charge on any atom is -0.381 e. The Kier molecular flexibility index (Phi) is 4.60. The molecule has 0 aromatic rings. The Balaban J connectivity index is 2.83. The maximum atomic E-state index is 8.70. The molecule has 1 unspecified atom stereocenters. The summed E-state index contributed by atoms with van der Waals surface area (Å²) in [5, 5.41) is 8.70. The monoisotopic (exact) mass is 121 g/mol. The first kappa shape index (κ1) is 7.27. The fourth-order valence-corrected chi connectivity index (χ4v) is 0.781. The Morgan fingerprint density at radius 1 is 1.86 bits per heavy atom. The predicted octanol–water partition coefficient (Wildman–Crippen LogP) is 0.0166. The fourth-order valence-electron chi connectivity index (χ4n) is 0.260. The third-order valence-corrected chi connectivity index (χ3v) is 1.47. The first-order valence-electron chi connectivity index (χ1n) is 2.31. The van der Waals surface area contributed by atoms with E-state index in [1.54, 1.807) is 0 Å². The molecule has 0 aromatic carbocycles. The molecule has 0 saturated heterocycles. The van der Waals surface area contributed by atoms with Crippen LogP contribution in [-0.2, 0) is 0 Å². The third kappa shape index (κ3) is 4.12. The molecular weight excluding hydrogens is 110 g/mol. The molecular formula is C4H11NOS. The maximum absolute atomic E-state index is 8.70. The molecule has 0 bridgehead atoms. The average molecular weight is 121 g/mol. The van der Waals surface area contributed by atoms with E-state index < -0.39 is 0 Å². The Morgan fingerprint density at radius 2 is 2.43 bits per heavy atom. The van der Waals surface area contributed by atoms with Gasteiger partial charge in [-0.15, -0.1) is 11.8 Å². The lowest BCUT2D eigenvalue weighted by molar-refractivity contribution is 0.271. The van der Waals surface area contributed by atoms with Crippen LogP contribution in [0.3, 0.4) is 0 Å². The van der Waals surface area contributed by atoms with Gasteiger partial charge in [0.05, 0.1) is 0 Å². The summed E-state index contributed by atoms with van der Waals surface area (Å²) in [6, 6.07) is 0. The van der Waals surface area contributed by atoms with Crippen LogP contribution in [0, 0.1) is 0 Å². The van der Waals surface area contributed by atoms with Gasteiger partial charge in [0.25, 0.3) is 0 Å². The normalized spacial score (nSPS) is 14.1. The molecule has 0 spiro atoms. The van der Waals surface area contributed by atoms with Crippen LogP contribution in [0.1, 0.15) is 6.92 Å². The topological polar surface area (TPSA) is 46.2 Å². The molecule has 0 amide bonds. The first-order valence-corrected chi connectivity index (χ1v) is 3.35. The van der Waals surface area contributed by atoms with Crippen molar-refractivity contribution in [2.75, 3.05) is 12.3 Å². The largest absolute Gasteiger partial charge is 0.381 e. The average Bonchev–Trinajstić information content (AvgIpc) is 1.68. The summed E-state index contributed by atoms with van der Waals surface area (Å²) in [4.78, 5) is 0. The second-order valence-corrected chi connectivity index (χ2v) is 2.60. The highest BCUT2D eigenvalue weighted by atomic mass is 32.2. The zero-order valence-corrected chi connectivity index (χ0v) is 5.24. The van der Waals surface area contributed by atoms with Gasteiger partial charge in [0, 0.05) is 6.54 Å². The highest BCUT2D eigenvalue weighted by Gasteiger charge is 1.95. The first-order chi connectivity index (χ1) is 3.31. The highest BCUT2D eigenvalue weighted by molar-refractivity contribution is 7.99. The molecule has 0 aliphatic rings. The van der Waals surface area contributed by atoms with E-state index in [2.05, 4.69) is 0 Å². The summed E-state index contributed by atoms with van der Waals surface area (Å²) in [6.45, 7) is 2.35. The predicted molar refractivity (Wildman–Crippen MR) is 33.2 cm³/mol. The van der Waals surface area contributed by atoms with Crippen molar-refractivity contribution in [1.29, 1.82) is 0 Å². The smallest absolute Gasteiger partial charge is 0.111 e. The van der Waals surface area contributed by atoms with Crippen molar-refractivity contribution in [1.82, 2.24) is 0 Å². The Hall–Kier alpha value is 0.270. The van der Waals surface area contributed by atoms with Crippen LogP contribution in [-0.4, -0.2) is 22.8 Å². The fraction of sp³-hybridized carbons (Fsp3) is 1.00. The van der Waals surface area contributed by atoms with Crippen LogP contribution in [0.25, 0.3) is 0 Å². The van der Waals surface area contributed by atoms with Crippen molar-refractivity contribution in [2.24, 2.45) is 5.73 Å². The summed E-state index contributed by atoms with van der Waals surface area (Å²) in [6.07, 6.45) is 0. The van der Waals surface area contributed by atoms with Crippen LogP contribution >= 0.6 is 11.8 Å². The zero-order valence-electron chi connectivity index (χ0n) is 4.42. The van der Waals surface area contributed by atoms with E-state index in [-0.39, 0.29) is 5.44 Å². The molecule has 0 aliphatic carbocycles. The highest BCUT2D eigenvalue weighted by Crippen LogP contribution is 2.03. The van der Waals surface area contributed by atoms with Crippen molar-refractivity contribution < 1.29 is 5.11 Å². The number of hydrogen-bond donors (Lipinski definition) is 2. The molecule has 0 radical (unpaired) electrons. The van der Waals surface area contributed by atoms with Crippen LogP contribution in [0.5, 0.6) is 0 Å².